The molecule has 3 rings (SSSR count). The summed E-state index contributed by atoms with van der Waals surface area (Å²) < 4.78 is 15.3. The van der Waals surface area contributed by atoms with Crippen molar-refractivity contribution in [3.63, 3.8) is 0 Å². The predicted octanol–water partition coefficient (Wildman–Crippen LogP) is 4.24. The number of nitrogens with zero attached hydrogens (tertiary/aromatic N) is 4. The van der Waals surface area contributed by atoms with Gasteiger partial charge in [0.1, 0.15) is 11.5 Å². The Balaban J connectivity index is 1.89. The Bertz CT molecular complexity index is 1010. The number of hydrogen-bond acceptors (Lipinski definition) is 3. The van der Waals surface area contributed by atoms with Gasteiger partial charge in [0.2, 0.25) is 0 Å². The second-order valence-electron chi connectivity index (χ2n) is 5.92. The van der Waals surface area contributed by atoms with E-state index in [4.69, 9.17) is 5.26 Å². The van der Waals surface area contributed by atoms with E-state index in [0.717, 1.165) is 30.5 Å². The molecule has 0 saturated carbocycles. The van der Waals surface area contributed by atoms with Crippen LogP contribution in [0.4, 0.5) is 4.39 Å². The van der Waals surface area contributed by atoms with Gasteiger partial charge >= 0.3 is 0 Å². The maximum atomic E-state index is 13.7. The van der Waals surface area contributed by atoms with Crippen LogP contribution >= 0.6 is 0 Å². The number of halogens is 1. The summed E-state index contributed by atoms with van der Waals surface area (Å²) in [6.45, 7) is 1.87. The van der Waals surface area contributed by atoms with Crippen molar-refractivity contribution >= 4 is 6.21 Å². The molecule has 0 spiro atoms. The molecular formula is C21H17FN4. The molecule has 0 unspecified atom stereocenters. The highest BCUT2D eigenvalue weighted by atomic mass is 19.1. The van der Waals surface area contributed by atoms with Crippen molar-refractivity contribution in [2.75, 3.05) is 0 Å². The van der Waals surface area contributed by atoms with Crippen LogP contribution in [0.15, 0.2) is 53.2 Å². The fourth-order valence-electron chi connectivity index (χ4n) is 2.61. The van der Waals surface area contributed by atoms with Crippen molar-refractivity contribution in [2.24, 2.45) is 4.99 Å². The van der Waals surface area contributed by atoms with Crippen molar-refractivity contribution in [3.05, 3.63) is 71.0 Å². The zero-order valence-corrected chi connectivity index (χ0v) is 14.4. The van der Waals surface area contributed by atoms with Gasteiger partial charge in [-0.3, -0.25) is 4.99 Å². The van der Waals surface area contributed by atoms with E-state index in [1.54, 1.807) is 23.2 Å². The maximum Gasteiger partial charge on any atom is 0.136 e. The third-order valence-corrected chi connectivity index (χ3v) is 3.85. The molecule has 0 atom stereocenters. The first-order valence-corrected chi connectivity index (χ1v) is 8.33. The first kappa shape index (κ1) is 17.4. The molecule has 0 N–H and O–H groups in total. The summed E-state index contributed by atoms with van der Waals surface area (Å²) in [5.74, 6) is 5.71. The SMILES string of the molecule is Cc1cc(C#C/C2=C/N=C\C=C/CCC2)nn1-c1cc(F)cc(C#N)c1. The molecule has 26 heavy (non-hydrogen) atoms. The lowest BCUT2D eigenvalue weighted by Gasteiger charge is -2.04. The highest BCUT2D eigenvalue weighted by Crippen LogP contribution is 2.16. The molecule has 128 valence electrons. The molecule has 5 heteroatoms. The molecule has 0 radical (unpaired) electrons. The van der Waals surface area contributed by atoms with E-state index in [-0.39, 0.29) is 5.56 Å². The van der Waals surface area contributed by atoms with Crippen LogP contribution in [0.25, 0.3) is 5.69 Å². The summed E-state index contributed by atoms with van der Waals surface area (Å²) in [6.07, 6.45) is 10.4. The molecule has 1 aliphatic heterocycles. The maximum absolute atomic E-state index is 13.7. The van der Waals surface area contributed by atoms with Crippen molar-refractivity contribution in [2.45, 2.75) is 26.2 Å². The number of aryl methyl sites for hydroxylation is 1. The number of aromatic nitrogens is 2. The van der Waals surface area contributed by atoms with Gasteiger partial charge in [-0.05, 0) is 62.4 Å². The van der Waals surface area contributed by atoms with Gasteiger partial charge in [-0.15, -0.1) is 0 Å². The summed E-state index contributed by atoms with van der Waals surface area (Å²) in [5.41, 5.74) is 3.12. The van der Waals surface area contributed by atoms with Crippen LogP contribution in [0.2, 0.25) is 0 Å². The largest absolute Gasteiger partial charge is 0.264 e. The van der Waals surface area contributed by atoms with Crippen LogP contribution in [-0.2, 0) is 0 Å². The lowest BCUT2D eigenvalue weighted by Crippen LogP contribution is -2.00. The lowest BCUT2D eigenvalue weighted by molar-refractivity contribution is 0.624. The van der Waals surface area contributed by atoms with Crippen molar-refractivity contribution in [1.82, 2.24) is 9.78 Å². The van der Waals surface area contributed by atoms with E-state index in [1.807, 2.05) is 25.1 Å². The van der Waals surface area contributed by atoms with E-state index in [2.05, 4.69) is 28.0 Å². The van der Waals surface area contributed by atoms with Gasteiger partial charge in [-0.2, -0.15) is 10.4 Å². The Kier molecular flexibility index (Phi) is 5.41. The van der Waals surface area contributed by atoms with Crippen LogP contribution in [-0.4, -0.2) is 16.0 Å². The molecule has 0 bridgehead atoms. The lowest BCUT2D eigenvalue weighted by atomic mass is 10.1. The fourth-order valence-corrected chi connectivity index (χ4v) is 2.61. The van der Waals surface area contributed by atoms with E-state index >= 15 is 0 Å². The number of rotatable bonds is 1. The summed E-state index contributed by atoms with van der Waals surface area (Å²) in [7, 11) is 0. The minimum atomic E-state index is -0.469. The van der Waals surface area contributed by atoms with Gasteiger partial charge in [-0.25, -0.2) is 9.07 Å². The van der Waals surface area contributed by atoms with Crippen LogP contribution in [0.3, 0.4) is 0 Å². The molecule has 0 amide bonds. The molecule has 1 aromatic carbocycles. The Morgan fingerprint density at radius 2 is 2.08 bits per heavy atom. The second kappa shape index (κ2) is 8.09. The van der Waals surface area contributed by atoms with Gasteiger partial charge < -0.3 is 0 Å². The molecule has 4 nitrogen and oxygen atoms in total. The van der Waals surface area contributed by atoms with Gasteiger partial charge in [0, 0.05) is 23.7 Å². The summed E-state index contributed by atoms with van der Waals surface area (Å²) >= 11 is 0. The third kappa shape index (κ3) is 4.34. The average molecular weight is 344 g/mol. The quantitative estimate of drug-likeness (QED) is 0.727. The smallest absolute Gasteiger partial charge is 0.136 e. The fraction of sp³-hybridized carbons (Fsp3) is 0.190. The molecule has 2 aromatic rings. The Hall–Kier alpha value is -3.44. The standard InChI is InChI=1S/C21H17FN4/c1-16-10-20(8-7-17-6-4-2-3-5-9-24-15-17)25-26(16)21-12-18(14-23)11-19(22)13-21/h3,5,9-13,15H,2,4,6H2,1H3/b5-3-,17-15+,24-9-. The zero-order valence-electron chi connectivity index (χ0n) is 14.4. The summed E-state index contributed by atoms with van der Waals surface area (Å²) in [6, 6.07) is 7.94. The first-order valence-electron chi connectivity index (χ1n) is 8.33. The minimum Gasteiger partial charge on any atom is -0.264 e. The first-order chi connectivity index (χ1) is 12.7. The molecule has 0 fully saturated rings. The monoisotopic (exact) mass is 344 g/mol. The van der Waals surface area contributed by atoms with Crippen molar-refractivity contribution < 1.29 is 4.39 Å². The highest BCUT2D eigenvalue weighted by Gasteiger charge is 2.08. The number of hydrogen-bond donors (Lipinski definition) is 0. The molecule has 0 aliphatic carbocycles. The average Bonchev–Trinajstić information content (AvgIpc) is 3.06. The number of benzene rings is 1. The van der Waals surface area contributed by atoms with Crippen LogP contribution < -0.4 is 0 Å². The summed E-state index contributed by atoms with van der Waals surface area (Å²) in [4.78, 5) is 4.21. The Morgan fingerprint density at radius 3 is 2.92 bits per heavy atom. The minimum absolute atomic E-state index is 0.254. The normalized spacial score (nSPS) is 18.1. The zero-order chi connectivity index (χ0) is 18.4. The van der Waals surface area contributed by atoms with E-state index in [0.29, 0.717) is 11.4 Å². The van der Waals surface area contributed by atoms with Gasteiger partial charge in [-0.1, -0.05) is 12.0 Å². The molecule has 1 aromatic heterocycles. The highest BCUT2D eigenvalue weighted by molar-refractivity contribution is 5.71. The van der Waals surface area contributed by atoms with Gasteiger partial charge in [0.05, 0.1) is 17.3 Å². The summed E-state index contributed by atoms with van der Waals surface area (Å²) in [5, 5.41) is 13.4. The molecule has 0 saturated heterocycles. The van der Waals surface area contributed by atoms with Gasteiger partial charge in [0.15, 0.2) is 0 Å². The second-order valence-corrected chi connectivity index (χ2v) is 5.92. The van der Waals surface area contributed by atoms with Crippen LogP contribution in [0, 0.1) is 35.9 Å². The Labute approximate surface area is 152 Å². The Morgan fingerprint density at radius 1 is 1.19 bits per heavy atom. The van der Waals surface area contributed by atoms with Crippen LogP contribution in [0.1, 0.15) is 36.2 Å². The van der Waals surface area contributed by atoms with Crippen molar-refractivity contribution in [1.29, 1.82) is 5.26 Å². The third-order valence-electron chi connectivity index (χ3n) is 3.85. The number of nitriles is 1. The predicted molar refractivity (Wildman–Crippen MR) is 99.4 cm³/mol. The van der Waals surface area contributed by atoms with Crippen molar-refractivity contribution in [3.8, 4) is 23.6 Å². The van der Waals surface area contributed by atoms with E-state index in [1.165, 1.54) is 12.1 Å². The van der Waals surface area contributed by atoms with E-state index in [9.17, 15) is 4.39 Å². The van der Waals surface area contributed by atoms with Crippen LogP contribution in [0.5, 0.6) is 0 Å². The van der Waals surface area contributed by atoms with Gasteiger partial charge in [0.25, 0.3) is 0 Å². The topological polar surface area (TPSA) is 54.0 Å². The molecule has 2 heterocycles. The number of aliphatic imine (C=N–C) groups is 1. The molecule has 1 aliphatic rings. The number of allylic oxidation sites excluding steroid dienone is 3. The molecular weight excluding hydrogens is 327 g/mol. The van der Waals surface area contributed by atoms with E-state index < -0.39 is 5.82 Å².